The fourth-order valence-electron chi connectivity index (χ4n) is 2.51. The maximum absolute atomic E-state index is 4.44. The van der Waals surface area contributed by atoms with Crippen LogP contribution in [0.5, 0.6) is 0 Å². The molecule has 2 unspecified atom stereocenters. The molecular weight excluding hydrogens is 162 g/mol. The van der Waals surface area contributed by atoms with Gasteiger partial charge in [0.1, 0.15) is 0 Å². The number of nitrogens with one attached hydrogen (secondary N) is 1. The van der Waals surface area contributed by atoms with Gasteiger partial charge in [-0.15, -0.1) is 0 Å². The zero-order valence-electron chi connectivity index (χ0n) is 8.76. The zero-order valence-corrected chi connectivity index (χ0v) is 8.76. The highest BCUT2D eigenvalue weighted by molar-refractivity contribution is 5.34. The monoisotopic (exact) mass is 179 g/mol. The van der Waals surface area contributed by atoms with Gasteiger partial charge in [0.2, 0.25) is 0 Å². The van der Waals surface area contributed by atoms with Gasteiger partial charge in [-0.3, -0.25) is 4.68 Å². The lowest BCUT2D eigenvalue weighted by atomic mass is 10.0. The van der Waals surface area contributed by atoms with E-state index in [9.17, 15) is 0 Å². The Hall–Kier alpha value is -0.830. The predicted octanol–water partition coefficient (Wildman–Crippen LogP) is 1.18. The topological polar surface area (TPSA) is 29.9 Å². The summed E-state index contributed by atoms with van der Waals surface area (Å²) in [6.45, 7) is 4.39. The van der Waals surface area contributed by atoms with Crippen LogP contribution in [0, 0.1) is 12.8 Å². The molecule has 1 aromatic rings. The van der Waals surface area contributed by atoms with E-state index in [1.54, 1.807) is 0 Å². The first-order valence-electron chi connectivity index (χ1n) is 4.84. The van der Waals surface area contributed by atoms with Gasteiger partial charge in [-0.2, -0.15) is 5.10 Å². The second-order valence-corrected chi connectivity index (χ2v) is 4.02. The molecule has 2 atom stereocenters. The molecule has 13 heavy (non-hydrogen) atoms. The minimum Gasteiger partial charge on any atom is -0.313 e. The van der Waals surface area contributed by atoms with Gasteiger partial charge in [-0.05, 0) is 26.3 Å². The molecule has 0 aliphatic heterocycles. The van der Waals surface area contributed by atoms with Gasteiger partial charge in [0.25, 0.3) is 0 Å². The molecule has 3 heteroatoms. The van der Waals surface area contributed by atoms with Crippen LogP contribution in [0.2, 0.25) is 0 Å². The van der Waals surface area contributed by atoms with Gasteiger partial charge in [-0.1, -0.05) is 6.92 Å². The van der Waals surface area contributed by atoms with Crippen LogP contribution in [0.3, 0.4) is 0 Å². The van der Waals surface area contributed by atoms with Gasteiger partial charge in [0, 0.05) is 24.3 Å². The van der Waals surface area contributed by atoms with Crippen LogP contribution in [0.4, 0.5) is 0 Å². The van der Waals surface area contributed by atoms with Crippen molar-refractivity contribution in [1.29, 1.82) is 0 Å². The molecular formula is C10H17N3. The van der Waals surface area contributed by atoms with E-state index in [2.05, 4.69) is 24.3 Å². The summed E-state index contributed by atoms with van der Waals surface area (Å²) in [5.41, 5.74) is 4.02. The van der Waals surface area contributed by atoms with Gasteiger partial charge < -0.3 is 5.32 Å². The molecule has 2 rings (SSSR count). The Balaban J connectivity index is 2.50. The second kappa shape index (κ2) is 2.84. The summed E-state index contributed by atoms with van der Waals surface area (Å²) in [6.07, 6.45) is 1.15. The molecule has 3 nitrogen and oxygen atoms in total. The number of hydrogen-bond donors (Lipinski definition) is 1. The summed E-state index contributed by atoms with van der Waals surface area (Å²) < 4.78 is 2.03. The third kappa shape index (κ3) is 1.10. The van der Waals surface area contributed by atoms with Gasteiger partial charge in [0.15, 0.2) is 0 Å². The molecule has 1 aliphatic carbocycles. The molecule has 0 radical (unpaired) electrons. The first kappa shape index (κ1) is 8.75. The van der Waals surface area contributed by atoms with Crippen LogP contribution in [-0.4, -0.2) is 16.8 Å². The molecule has 0 saturated heterocycles. The molecule has 1 aliphatic rings. The van der Waals surface area contributed by atoms with Crippen LogP contribution in [0.15, 0.2) is 0 Å². The molecule has 0 fully saturated rings. The zero-order chi connectivity index (χ0) is 9.59. The Morgan fingerprint density at radius 2 is 2.23 bits per heavy atom. The van der Waals surface area contributed by atoms with Crippen LogP contribution in [-0.2, 0) is 13.5 Å². The van der Waals surface area contributed by atoms with Crippen molar-refractivity contribution in [2.75, 3.05) is 7.05 Å². The first-order chi connectivity index (χ1) is 6.15. The quantitative estimate of drug-likeness (QED) is 0.701. The van der Waals surface area contributed by atoms with Crippen molar-refractivity contribution in [1.82, 2.24) is 15.1 Å². The molecule has 0 saturated carbocycles. The van der Waals surface area contributed by atoms with E-state index in [1.807, 2.05) is 18.8 Å². The van der Waals surface area contributed by atoms with Crippen LogP contribution >= 0.6 is 0 Å². The Bertz CT molecular complexity index is 327. The lowest BCUT2D eigenvalue weighted by Gasteiger charge is -2.15. The van der Waals surface area contributed by atoms with E-state index in [0.29, 0.717) is 12.0 Å². The maximum atomic E-state index is 4.44. The Kier molecular flexibility index (Phi) is 1.91. The van der Waals surface area contributed by atoms with E-state index in [-0.39, 0.29) is 0 Å². The standard InChI is InChI=1S/C10H17N3/c1-6-5-8-9(10(6)11-3)7(2)12-13(8)4/h6,10-11H,5H2,1-4H3. The average Bonchev–Trinajstić information content (AvgIpc) is 2.52. The van der Waals surface area contributed by atoms with Crippen molar-refractivity contribution in [3.63, 3.8) is 0 Å². The highest BCUT2D eigenvalue weighted by Gasteiger charge is 2.32. The largest absolute Gasteiger partial charge is 0.313 e. The number of hydrogen-bond acceptors (Lipinski definition) is 2. The number of fused-ring (bicyclic) bond motifs is 1. The number of nitrogens with zero attached hydrogens (tertiary/aromatic N) is 2. The van der Waals surface area contributed by atoms with E-state index in [1.165, 1.54) is 17.0 Å². The fraction of sp³-hybridized carbons (Fsp3) is 0.700. The van der Waals surface area contributed by atoms with Crippen LogP contribution in [0.25, 0.3) is 0 Å². The normalized spacial score (nSPS) is 26.5. The second-order valence-electron chi connectivity index (χ2n) is 4.02. The third-order valence-electron chi connectivity index (χ3n) is 3.10. The van der Waals surface area contributed by atoms with Gasteiger partial charge in [0.05, 0.1) is 5.69 Å². The smallest absolute Gasteiger partial charge is 0.0644 e. The number of aryl methyl sites for hydroxylation is 2. The van der Waals surface area contributed by atoms with Crippen LogP contribution < -0.4 is 5.32 Å². The Morgan fingerprint density at radius 1 is 1.54 bits per heavy atom. The van der Waals surface area contributed by atoms with Crippen molar-refractivity contribution in [2.45, 2.75) is 26.3 Å². The lowest BCUT2D eigenvalue weighted by molar-refractivity contribution is 0.438. The van der Waals surface area contributed by atoms with Gasteiger partial charge >= 0.3 is 0 Å². The van der Waals surface area contributed by atoms with Crippen molar-refractivity contribution in [3.05, 3.63) is 17.0 Å². The average molecular weight is 179 g/mol. The first-order valence-corrected chi connectivity index (χ1v) is 4.84. The van der Waals surface area contributed by atoms with Crippen molar-refractivity contribution < 1.29 is 0 Å². The van der Waals surface area contributed by atoms with Crippen molar-refractivity contribution in [3.8, 4) is 0 Å². The van der Waals surface area contributed by atoms with E-state index in [4.69, 9.17) is 0 Å². The van der Waals surface area contributed by atoms with E-state index >= 15 is 0 Å². The summed E-state index contributed by atoms with van der Waals surface area (Å²) >= 11 is 0. The van der Waals surface area contributed by atoms with E-state index < -0.39 is 0 Å². The lowest BCUT2D eigenvalue weighted by Crippen LogP contribution is -2.20. The molecule has 0 amide bonds. The molecule has 0 aromatic carbocycles. The molecule has 1 N–H and O–H groups in total. The maximum Gasteiger partial charge on any atom is 0.0644 e. The molecule has 1 heterocycles. The van der Waals surface area contributed by atoms with Gasteiger partial charge in [-0.25, -0.2) is 0 Å². The van der Waals surface area contributed by atoms with Crippen molar-refractivity contribution in [2.24, 2.45) is 13.0 Å². The van der Waals surface area contributed by atoms with Crippen LogP contribution in [0.1, 0.15) is 29.9 Å². The minimum absolute atomic E-state index is 0.503. The summed E-state index contributed by atoms with van der Waals surface area (Å²) in [6, 6.07) is 0.503. The molecule has 0 spiro atoms. The third-order valence-corrected chi connectivity index (χ3v) is 3.10. The molecule has 1 aromatic heterocycles. The van der Waals surface area contributed by atoms with Crippen molar-refractivity contribution >= 4 is 0 Å². The minimum atomic E-state index is 0.503. The van der Waals surface area contributed by atoms with E-state index in [0.717, 1.165) is 6.42 Å². The Labute approximate surface area is 79.1 Å². The summed E-state index contributed by atoms with van der Waals surface area (Å²) in [4.78, 5) is 0. The predicted molar refractivity (Wildman–Crippen MR) is 52.6 cm³/mol. The number of rotatable bonds is 1. The highest BCUT2D eigenvalue weighted by Crippen LogP contribution is 2.36. The number of aromatic nitrogens is 2. The summed E-state index contributed by atoms with van der Waals surface area (Å²) in [5.74, 6) is 0.697. The fourth-order valence-corrected chi connectivity index (χ4v) is 2.51. The molecule has 72 valence electrons. The summed E-state index contributed by atoms with van der Waals surface area (Å²) in [5, 5.41) is 7.81. The highest BCUT2D eigenvalue weighted by atomic mass is 15.3. The SMILES string of the molecule is CNC1c2c(C)nn(C)c2CC1C. The Morgan fingerprint density at radius 3 is 2.85 bits per heavy atom. The summed E-state index contributed by atoms with van der Waals surface area (Å²) in [7, 11) is 4.07. The molecule has 0 bridgehead atoms.